The minimum atomic E-state index is -0.0321. The molecule has 0 radical (unpaired) electrons. The Balaban J connectivity index is 1.98. The number of nitrogens with two attached hydrogens (primary N) is 1. The van der Waals surface area contributed by atoms with Gasteiger partial charge in [0.15, 0.2) is 5.78 Å². The summed E-state index contributed by atoms with van der Waals surface area (Å²) in [5.74, 6) is 1.36. The van der Waals surface area contributed by atoms with Gasteiger partial charge in [0.2, 0.25) is 5.95 Å². The van der Waals surface area contributed by atoms with E-state index in [1.54, 1.807) is 19.5 Å². The number of nitrogens with zero attached hydrogens (tertiary/aromatic N) is 4. The predicted octanol–water partition coefficient (Wildman–Crippen LogP) is 1.74. The number of carbonyl (C=O) groups excluding carboxylic acids is 1. The molecule has 22 heavy (non-hydrogen) atoms. The number of hydrogen-bond acceptors (Lipinski definition) is 7. The summed E-state index contributed by atoms with van der Waals surface area (Å²) in [5, 5.41) is 0. The molecule has 0 saturated carbocycles. The zero-order valence-electron chi connectivity index (χ0n) is 12.1. The van der Waals surface area contributed by atoms with Gasteiger partial charge in [0.1, 0.15) is 16.2 Å². The highest BCUT2D eigenvalue weighted by Gasteiger charge is 2.32. The van der Waals surface area contributed by atoms with E-state index in [1.807, 2.05) is 11.8 Å². The second-order valence-electron chi connectivity index (χ2n) is 4.98. The molecule has 0 saturated heterocycles. The Morgan fingerprint density at radius 3 is 2.91 bits per heavy atom. The maximum absolute atomic E-state index is 12.2. The molecule has 0 unspecified atom stereocenters. The van der Waals surface area contributed by atoms with Crippen molar-refractivity contribution < 1.29 is 9.53 Å². The lowest BCUT2D eigenvalue weighted by atomic mass is 10.1. The Morgan fingerprint density at radius 2 is 2.18 bits per heavy atom. The average molecular weight is 364 g/mol. The van der Waals surface area contributed by atoms with Crippen molar-refractivity contribution in [3.63, 3.8) is 0 Å². The zero-order chi connectivity index (χ0) is 15.9. The van der Waals surface area contributed by atoms with Crippen LogP contribution in [0.4, 0.5) is 11.8 Å². The molecule has 0 bridgehead atoms. The highest BCUT2D eigenvalue weighted by atomic mass is 79.9. The third-order valence-electron chi connectivity index (χ3n) is 3.63. The Hall–Kier alpha value is -2.22. The molecule has 1 aliphatic heterocycles. The van der Waals surface area contributed by atoms with Gasteiger partial charge in [0, 0.05) is 12.7 Å². The zero-order valence-corrected chi connectivity index (χ0v) is 13.7. The number of aromatic nitrogens is 3. The molecule has 0 fully saturated rings. The number of rotatable bonds is 3. The minimum Gasteiger partial charge on any atom is -0.495 e. The molecule has 0 aliphatic carbocycles. The van der Waals surface area contributed by atoms with E-state index in [2.05, 4.69) is 30.9 Å². The molecule has 3 rings (SSSR count). The van der Waals surface area contributed by atoms with Crippen molar-refractivity contribution in [1.82, 2.24) is 15.0 Å². The van der Waals surface area contributed by atoms with E-state index < -0.39 is 0 Å². The summed E-state index contributed by atoms with van der Waals surface area (Å²) in [6, 6.07) is 0. The van der Waals surface area contributed by atoms with Crippen LogP contribution < -0.4 is 15.4 Å². The number of ether oxygens (including phenoxy) is 1. The number of nitrogen functional groups attached to an aromatic ring is 1. The van der Waals surface area contributed by atoms with Crippen LogP contribution in [0.2, 0.25) is 0 Å². The maximum atomic E-state index is 12.2. The molecule has 0 spiro atoms. The van der Waals surface area contributed by atoms with E-state index in [0.717, 1.165) is 11.1 Å². The van der Waals surface area contributed by atoms with Crippen LogP contribution >= 0.6 is 15.9 Å². The second kappa shape index (κ2) is 5.53. The molecular formula is C14H14BrN5O2. The Bertz CT molecular complexity index is 765. The van der Waals surface area contributed by atoms with Crippen molar-refractivity contribution in [3.8, 4) is 5.75 Å². The van der Waals surface area contributed by atoms with Crippen molar-refractivity contribution >= 4 is 33.5 Å². The molecule has 0 atom stereocenters. The van der Waals surface area contributed by atoms with Gasteiger partial charge in [0.25, 0.3) is 0 Å². The summed E-state index contributed by atoms with van der Waals surface area (Å²) >= 11 is 3.28. The molecule has 8 heteroatoms. The monoisotopic (exact) mass is 363 g/mol. The number of carbonyl (C=O) groups is 1. The molecule has 0 aromatic carbocycles. The fraction of sp³-hybridized carbons (Fsp3) is 0.286. The minimum absolute atomic E-state index is 0.0321. The molecule has 0 amide bonds. The molecule has 1 aliphatic rings. The van der Waals surface area contributed by atoms with Crippen molar-refractivity contribution in [2.45, 2.75) is 13.5 Å². The van der Waals surface area contributed by atoms with Gasteiger partial charge in [-0.05, 0) is 34.0 Å². The Morgan fingerprint density at radius 1 is 1.41 bits per heavy atom. The summed E-state index contributed by atoms with van der Waals surface area (Å²) in [4.78, 5) is 26.4. The summed E-state index contributed by atoms with van der Waals surface area (Å²) in [5.41, 5.74) is 8.11. The highest BCUT2D eigenvalue weighted by Crippen LogP contribution is 2.33. The first kappa shape index (κ1) is 14.7. The fourth-order valence-electron chi connectivity index (χ4n) is 2.48. The number of Topliss-reactive ketones (excluding diaryl/α,β-unsaturated/α-hetero) is 1. The van der Waals surface area contributed by atoms with E-state index in [0.29, 0.717) is 28.3 Å². The normalized spacial score (nSPS) is 13.4. The lowest BCUT2D eigenvalue weighted by Crippen LogP contribution is -2.23. The van der Waals surface area contributed by atoms with Crippen LogP contribution in [0.1, 0.15) is 21.5 Å². The topological polar surface area (TPSA) is 94.2 Å². The molecule has 114 valence electrons. The summed E-state index contributed by atoms with van der Waals surface area (Å²) < 4.78 is 5.71. The van der Waals surface area contributed by atoms with E-state index in [4.69, 9.17) is 10.5 Å². The third kappa shape index (κ3) is 2.39. The van der Waals surface area contributed by atoms with Crippen molar-refractivity contribution in [1.29, 1.82) is 0 Å². The van der Waals surface area contributed by atoms with E-state index >= 15 is 0 Å². The maximum Gasteiger partial charge on any atom is 0.223 e. The second-order valence-corrected chi connectivity index (χ2v) is 5.73. The van der Waals surface area contributed by atoms with Crippen LogP contribution in [0.15, 0.2) is 17.0 Å². The van der Waals surface area contributed by atoms with Gasteiger partial charge in [-0.1, -0.05) is 0 Å². The van der Waals surface area contributed by atoms with Gasteiger partial charge >= 0.3 is 0 Å². The predicted molar refractivity (Wildman–Crippen MR) is 85.1 cm³/mol. The molecule has 3 heterocycles. The summed E-state index contributed by atoms with van der Waals surface area (Å²) in [6.45, 7) is 2.69. The fourth-order valence-corrected chi connectivity index (χ4v) is 3.06. The third-order valence-corrected chi connectivity index (χ3v) is 4.20. The molecular weight excluding hydrogens is 350 g/mol. The van der Waals surface area contributed by atoms with Crippen LogP contribution in [0.3, 0.4) is 0 Å². The number of ketones is 1. The van der Waals surface area contributed by atoms with Gasteiger partial charge in [-0.2, -0.15) is 4.98 Å². The van der Waals surface area contributed by atoms with Crippen LogP contribution in [-0.2, 0) is 6.54 Å². The number of anilines is 2. The van der Waals surface area contributed by atoms with E-state index in [-0.39, 0.29) is 18.3 Å². The number of fused-ring (bicyclic) bond motifs is 1. The smallest absolute Gasteiger partial charge is 0.223 e. The summed E-state index contributed by atoms with van der Waals surface area (Å²) in [6.07, 6.45) is 3.43. The first-order chi connectivity index (χ1) is 10.5. The first-order valence-electron chi connectivity index (χ1n) is 6.60. The number of pyridine rings is 1. The lowest BCUT2D eigenvalue weighted by Gasteiger charge is -2.19. The highest BCUT2D eigenvalue weighted by molar-refractivity contribution is 9.10. The number of hydrogen-bond donors (Lipinski definition) is 1. The van der Waals surface area contributed by atoms with Crippen molar-refractivity contribution in [3.05, 3.63) is 33.7 Å². The van der Waals surface area contributed by atoms with Crippen LogP contribution in [0.25, 0.3) is 0 Å². The van der Waals surface area contributed by atoms with Gasteiger partial charge in [-0.15, -0.1) is 0 Å². The quantitative estimate of drug-likeness (QED) is 0.829. The standard InChI is InChI=1S/C14H14BrN5O2/c1-7-8(3-17-4-10(7)22-2)5-20-6-9(21)11-12(15)18-14(16)19-13(11)20/h3-4H,5-6H2,1-2H3,(H2,16,18,19). The Kier molecular flexibility index (Phi) is 3.69. The molecule has 7 nitrogen and oxygen atoms in total. The summed E-state index contributed by atoms with van der Waals surface area (Å²) in [7, 11) is 1.60. The van der Waals surface area contributed by atoms with Crippen molar-refractivity contribution in [2.75, 3.05) is 24.3 Å². The van der Waals surface area contributed by atoms with Gasteiger partial charge in [0.05, 0.1) is 25.4 Å². The van der Waals surface area contributed by atoms with Crippen LogP contribution in [0, 0.1) is 6.92 Å². The van der Waals surface area contributed by atoms with Crippen LogP contribution in [0.5, 0.6) is 5.75 Å². The number of halogens is 1. The molecule has 2 N–H and O–H groups in total. The van der Waals surface area contributed by atoms with Crippen molar-refractivity contribution in [2.24, 2.45) is 0 Å². The molecule has 2 aromatic rings. The Labute approximate surface area is 135 Å². The first-order valence-corrected chi connectivity index (χ1v) is 7.39. The van der Waals surface area contributed by atoms with Gasteiger partial charge in [-0.25, -0.2) is 4.98 Å². The molecule has 2 aromatic heterocycles. The van der Waals surface area contributed by atoms with Crippen LogP contribution in [-0.4, -0.2) is 34.4 Å². The largest absolute Gasteiger partial charge is 0.495 e. The SMILES string of the molecule is COc1cncc(CN2CC(=O)c3c(Br)nc(N)nc32)c1C. The average Bonchev–Trinajstić information content (AvgIpc) is 2.77. The van der Waals surface area contributed by atoms with Gasteiger partial charge < -0.3 is 15.4 Å². The van der Waals surface area contributed by atoms with E-state index in [9.17, 15) is 4.79 Å². The number of methoxy groups -OCH3 is 1. The van der Waals surface area contributed by atoms with Gasteiger partial charge in [-0.3, -0.25) is 9.78 Å². The van der Waals surface area contributed by atoms with E-state index in [1.165, 1.54) is 0 Å². The lowest BCUT2D eigenvalue weighted by molar-refractivity contribution is 0.101.